The molecule has 1 fully saturated rings. The van der Waals surface area contributed by atoms with Crippen molar-refractivity contribution in [2.45, 2.75) is 11.8 Å². The molecule has 116 valence electrons. The highest BCUT2D eigenvalue weighted by Gasteiger charge is 2.28. The first-order chi connectivity index (χ1) is 9.86. The van der Waals surface area contributed by atoms with Gasteiger partial charge in [0.1, 0.15) is 0 Å². The molecule has 1 heterocycles. The molecule has 6 nitrogen and oxygen atoms in total. The van der Waals surface area contributed by atoms with E-state index in [9.17, 15) is 13.2 Å². The van der Waals surface area contributed by atoms with Gasteiger partial charge in [-0.05, 0) is 31.7 Å². The summed E-state index contributed by atoms with van der Waals surface area (Å²) in [4.78, 5) is 13.9. The topological polar surface area (TPSA) is 66.9 Å². The van der Waals surface area contributed by atoms with E-state index in [0.717, 1.165) is 0 Å². The molecule has 0 radical (unpaired) electrons. The van der Waals surface area contributed by atoms with E-state index in [1.807, 2.05) is 7.05 Å². The Bertz CT molecular complexity index is 634. The van der Waals surface area contributed by atoms with Crippen LogP contribution in [0.3, 0.4) is 0 Å². The number of nitrogens with zero attached hydrogens (tertiary/aromatic N) is 2. The van der Waals surface area contributed by atoms with Gasteiger partial charge in [-0.3, -0.25) is 0 Å². The third-order valence-electron chi connectivity index (χ3n) is 3.71. The number of methoxy groups -OCH3 is 1. The number of carbonyl (C=O) groups is 1. The Kier molecular flexibility index (Phi) is 4.65. The standard InChI is InChI=1S/C14H20N2O4S/c1-11-4-5-12(10-13(11)14(17)20-3)21(18,19)16-8-6-15(2)7-9-16/h4-5,10H,6-9H2,1-3H3. The molecular weight excluding hydrogens is 292 g/mol. The maximum Gasteiger partial charge on any atom is 0.338 e. The second-order valence-electron chi connectivity index (χ2n) is 5.18. The third-order valence-corrected chi connectivity index (χ3v) is 5.61. The SMILES string of the molecule is COC(=O)c1cc(S(=O)(=O)N2CCN(C)CC2)ccc1C. The minimum Gasteiger partial charge on any atom is -0.465 e. The summed E-state index contributed by atoms with van der Waals surface area (Å²) in [6, 6.07) is 4.57. The quantitative estimate of drug-likeness (QED) is 0.769. The van der Waals surface area contributed by atoms with Gasteiger partial charge < -0.3 is 9.64 Å². The fourth-order valence-corrected chi connectivity index (χ4v) is 3.72. The number of carbonyl (C=O) groups excluding carboxylic acids is 1. The van der Waals surface area contributed by atoms with Crippen LogP contribution in [0.2, 0.25) is 0 Å². The fraction of sp³-hybridized carbons (Fsp3) is 0.500. The van der Waals surface area contributed by atoms with Crippen LogP contribution in [-0.2, 0) is 14.8 Å². The molecule has 0 atom stereocenters. The predicted octanol–water partition coefficient (Wildman–Crippen LogP) is 0.718. The summed E-state index contributed by atoms with van der Waals surface area (Å²) >= 11 is 0. The number of rotatable bonds is 3. The van der Waals surface area contributed by atoms with Crippen LogP contribution in [0.1, 0.15) is 15.9 Å². The van der Waals surface area contributed by atoms with Crippen molar-refractivity contribution >= 4 is 16.0 Å². The van der Waals surface area contributed by atoms with Gasteiger partial charge in [-0.15, -0.1) is 0 Å². The highest BCUT2D eigenvalue weighted by Crippen LogP contribution is 2.21. The largest absolute Gasteiger partial charge is 0.465 e. The molecule has 0 aliphatic carbocycles. The predicted molar refractivity (Wildman–Crippen MR) is 78.8 cm³/mol. The number of hydrogen-bond donors (Lipinski definition) is 0. The van der Waals surface area contributed by atoms with E-state index in [4.69, 9.17) is 4.74 Å². The summed E-state index contributed by atoms with van der Waals surface area (Å²) in [5, 5.41) is 0. The fourth-order valence-electron chi connectivity index (χ4n) is 2.27. The number of sulfonamides is 1. The molecule has 0 spiro atoms. The lowest BCUT2D eigenvalue weighted by Gasteiger charge is -2.31. The zero-order valence-corrected chi connectivity index (χ0v) is 13.3. The number of likely N-dealkylation sites (N-methyl/N-ethyl adjacent to an activating group) is 1. The van der Waals surface area contributed by atoms with Crippen LogP contribution in [0.4, 0.5) is 0 Å². The van der Waals surface area contributed by atoms with Gasteiger partial charge in [0.2, 0.25) is 10.0 Å². The first-order valence-corrected chi connectivity index (χ1v) is 8.18. The highest BCUT2D eigenvalue weighted by molar-refractivity contribution is 7.89. The zero-order chi connectivity index (χ0) is 15.6. The molecule has 1 aromatic rings. The van der Waals surface area contributed by atoms with Gasteiger partial charge in [-0.2, -0.15) is 4.31 Å². The maximum absolute atomic E-state index is 12.6. The highest BCUT2D eigenvalue weighted by atomic mass is 32.2. The van der Waals surface area contributed by atoms with Gasteiger partial charge in [0.25, 0.3) is 0 Å². The van der Waals surface area contributed by atoms with Crippen molar-refractivity contribution in [1.29, 1.82) is 0 Å². The first kappa shape index (κ1) is 15.9. The summed E-state index contributed by atoms with van der Waals surface area (Å²) < 4.78 is 31.4. The minimum atomic E-state index is -3.57. The van der Waals surface area contributed by atoms with Gasteiger partial charge in [0.05, 0.1) is 17.6 Å². The average molecular weight is 312 g/mol. The molecule has 1 aliphatic rings. The van der Waals surface area contributed by atoms with Crippen LogP contribution >= 0.6 is 0 Å². The van der Waals surface area contributed by atoms with Crippen molar-refractivity contribution in [3.05, 3.63) is 29.3 Å². The van der Waals surface area contributed by atoms with Crippen LogP contribution in [0.25, 0.3) is 0 Å². The van der Waals surface area contributed by atoms with E-state index in [-0.39, 0.29) is 10.5 Å². The summed E-state index contributed by atoms with van der Waals surface area (Å²) in [5.41, 5.74) is 0.979. The van der Waals surface area contributed by atoms with E-state index < -0.39 is 16.0 Å². The third kappa shape index (κ3) is 3.25. The van der Waals surface area contributed by atoms with Crippen LogP contribution in [0.15, 0.2) is 23.1 Å². The van der Waals surface area contributed by atoms with Crippen molar-refractivity contribution in [2.75, 3.05) is 40.3 Å². The van der Waals surface area contributed by atoms with E-state index in [2.05, 4.69) is 4.90 Å². The molecule has 1 aliphatic heterocycles. The lowest BCUT2D eigenvalue weighted by molar-refractivity contribution is 0.0599. The van der Waals surface area contributed by atoms with Crippen molar-refractivity contribution in [3.8, 4) is 0 Å². The Balaban J connectivity index is 2.34. The molecule has 0 unspecified atom stereocenters. The van der Waals surface area contributed by atoms with Crippen molar-refractivity contribution in [2.24, 2.45) is 0 Å². The zero-order valence-electron chi connectivity index (χ0n) is 12.5. The second-order valence-corrected chi connectivity index (χ2v) is 7.11. The van der Waals surface area contributed by atoms with Crippen molar-refractivity contribution in [1.82, 2.24) is 9.21 Å². The van der Waals surface area contributed by atoms with E-state index in [1.165, 1.54) is 23.5 Å². The van der Waals surface area contributed by atoms with Gasteiger partial charge in [-0.25, -0.2) is 13.2 Å². The molecule has 1 saturated heterocycles. The molecule has 0 bridgehead atoms. The van der Waals surface area contributed by atoms with Gasteiger partial charge in [0, 0.05) is 26.2 Å². The van der Waals surface area contributed by atoms with Crippen LogP contribution in [0, 0.1) is 6.92 Å². The molecule has 0 saturated carbocycles. The number of benzene rings is 1. The maximum atomic E-state index is 12.6. The van der Waals surface area contributed by atoms with E-state index in [0.29, 0.717) is 31.7 Å². The number of piperazine rings is 1. The summed E-state index contributed by atoms with van der Waals surface area (Å²) in [7, 11) is -0.323. The second kappa shape index (κ2) is 6.13. The van der Waals surface area contributed by atoms with Crippen molar-refractivity contribution < 1.29 is 17.9 Å². The van der Waals surface area contributed by atoms with Crippen molar-refractivity contribution in [3.63, 3.8) is 0 Å². The summed E-state index contributed by atoms with van der Waals surface area (Å²) in [6.07, 6.45) is 0. The molecule has 0 aromatic heterocycles. The van der Waals surface area contributed by atoms with Crippen LogP contribution < -0.4 is 0 Å². The lowest BCUT2D eigenvalue weighted by Crippen LogP contribution is -2.47. The average Bonchev–Trinajstić information content (AvgIpc) is 2.47. The van der Waals surface area contributed by atoms with E-state index in [1.54, 1.807) is 13.0 Å². The molecule has 1 aromatic carbocycles. The van der Waals surface area contributed by atoms with E-state index >= 15 is 0 Å². The van der Waals surface area contributed by atoms with Crippen LogP contribution in [0.5, 0.6) is 0 Å². The lowest BCUT2D eigenvalue weighted by atomic mass is 10.1. The molecule has 21 heavy (non-hydrogen) atoms. The monoisotopic (exact) mass is 312 g/mol. The molecule has 2 rings (SSSR count). The Morgan fingerprint density at radius 3 is 2.38 bits per heavy atom. The normalized spacial score (nSPS) is 17.7. The number of aryl methyl sites for hydroxylation is 1. The smallest absolute Gasteiger partial charge is 0.338 e. The minimum absolute atomic E-state index is 0.137. The Morgan fingerprint density at radius 1 is 1.19 bits per heavy atom. The Hall–Kier alpha value is -1.44. The summed E-state index contributed by atoms with van der Waals surface area (Å²) in [5.74, 6) is -0.525. The molecule has 0 amide bonds. The number of hydrogen-bond acceptors (Lipinski definition) is 5. The molecular formula is C14H20N2O4S. The Morgan fingerprint density at radius 2 is 1.81 bits per heavy atom. The van der Waals surface area contributed by atoms with Gasteiger partial charge in [-0.1, -0.05) is 6.07 Å². The summed E-state index contributed by atoms with van der Waals surface area (Å²) in [6.45, 7) is 4.07. The Labute approximate surface area is 125 Å². The van der Waals surface area contributed by atoms with Crippen LogP contribution in [-0.4, -0.2) is 63.9 Å². The number of esters is 1. The molecule has 7 heteroatoms. The molecule has 0 N–H and O–H groups in total. The van der Waals surface area contributed by atoms with Gasteiger partial charge in [0.15, 0.2) is 0 Å². The first-order valence-electron chi connectivity index (χ1n) is 6.74. The number of ether oxygens (including phenoxy) is 1. The van der Waals surface area contributed by atoms with Gasteiger partial charge >= 0.3 is 5.97 Å².